The number of methoxy groups -OCH3 is 1. The van der Waals surface area contributed by atoms with Gasteiger partial charge in [0, 0.05) is 28.9 Å². The Labute approximate surface area is 124 Å². The maximum atomic E-state index is 5.59. The second-order valence-electron chi connectivity index (χ2n) is 4.92. The molecule has 0 saturated heterocycles. The van der Waals surface area contributed by atoms with Crippen molar-refractivity contribution in [1.82, 2.24) is 4.57 Å². The predicted molar refractivity (Wildman–Crippen MR) is 86.1 cm³/mol. The standard InChI is InChI=1S/C18H19NO2/c1-3-12-21-18(20-2)13-19-16-10-6-4-8-14(16)15-9-5-7-11-17(15)19/h3-12,18H,13H2,1-2H3/b12-3+/t18-/m0/s1. The quantitative estimate of drug-likeness (QED) is 0.513. The van der Waals surface area contributed by atoms with Crippen LogP contribution >= 0.6 is 0 Å². The molecule has 0 bridgehead atoms. The normalized spacial score (nSPS) is 13.2. The maximum Gasteiger partial charge on any atom is 0.216 e. The topological polar surface area (TPSA) is 23.4 Å². The van der Waals surface area contributed by atoms with Crippen LogP contribution in [0.1, 0.15) is 6.92 Å². The minimum Gasteiger partial charge on any atom is -0.471 e. The number of rotatable bonds is 5. The summed E-state index contributed by atoms with van der Waals surface area (Å²) in [5.74, 6) is 0. The number of benzene rings is 2. The highest BCUT2D eigenvalue weighted by Crippen LogP contribution is 2.29. The van der Waals surface area contributed by atoms with Gasteiger partial charge >= 0.3 is 0 Å². The van der Waals surface area contributed by atoms with Crippen LogP contribution in [0.5, 0.6) is 0 Å². The van der Waals surface area contributed by atoms with Gasteiger partial charge in [-0.1, -0.05) is 42.5 Å². The molecule has 1 aromatic heterocycles. The van der Waals surface area contributed by atoms with Gasteiger partial charge in [-0.3, -0.25) is 0 Å². The third-order valence-electron chi connectivity index (χ3n) is 3.64. The molecule has 2 aromatic carbocycles. The number of allylic oxidation sites excluding steroid dienone is 1. The lowest BCUT2D eigenvalue weighted by Crippen LogP contribution is -2.20. The van der Waals surface area contributed by atoms with E-state index in [4.69, 9.17) is 9.47 Å². The lowest BCUT2D eigenvalue weighted by Gasteiger charge is -2.17. The van der Waals surface area contributed by atoms with Crippen LogP contribution in [0.25, 0.3) is 21.8 Å². The number of hydrogen-bond acceptors (Lipinski definition) is 2. The number of fused-ring (bicyclic) bond motifs is 3. The molecule has 0 amide bonds. The van der Waals surface area contributed by atoms with Gasteiger partial charge in [0.1, 0.15) is 0 Å². The Balaban J connectivity index is 2.10. The molecule has 0 fully saturated rings. The van der Waals surface area contributed by atoms with Gasteiger partial charge in [-0.15, -0.1) is 0 Å². The van der Waals surface area contributed by atoms with Gasteiger partial charge in [0.2, 0.25) is 6.29 Å². The average molecular weight is 281 g/mol. The van der Waals surface area contributed by atoms with Crippen LogP contribution in [0.4, 0.5) is 0 Å². The summed E-state index contributed by atoms with van der Waals surface area (Å²) in [7, 11) is 1.67. The molecule has 3 nitrogen and oxygen atoms in total. The molecule has 0 aliphatic carbocycles. The van der Waals surface area contributed by atoms with Crippen LogP contribution in [-0.2, 0) is 16.0 Å². The second-order valence-corrected chi connectivity index (χ2v) is 4.92. The zero-order valence-electron chi connectivity index (χ0n) is 12.3. The number of nitrogens with zero attached hydrogens (tertiary/aromatic N) is 1. The Morgan fingerprint density at radius 2 is 1.57 bits per heavy atom. The summed E-state index contributed by atoms with van der Waals surface area (Å²) in [6, 6.07) is 16.9. The van der Waals surface area contributed by atoms with E-state index in [2.05, 4.69) is 53.1 Å². The van der Waals surface area contributed by atoms with Crippen LogP contribution in [-0.4, -0.2) is 18.0 Å². The number of hydrogen-bond donors (Lipinski definition) is 0. The average Bonchev–Trinajstić information content (AvgIpc) is 2.86. The zero-order chi connectivity index (χ0) is 14.7. The fourth-order valence-corrected chi connectivity index (χ4v) is 2.69. The molecule has 0 unspecified atom stereocenters. The van der Waals surface area contributed by atoms with Crippen molar-refractivity contribution in [2.45, 2.75) is 19.8 Å². The zero-order valence-corrected chi connectivity index (χ0v) is 12.3. The summed E-state index contributed by atoms with van der Waals surface area (Å²) in [6.07, 6.45) is 3.22. The Bertz CT molecular complexity index is 720. The molecule has 0 saturated carbocycles. The first-order valence-electron chi connectivity index (χ1n) is 7.10. The van der Waals surface area contributed by atoms with Gasteiger partial charge in [-0.25, -0.2) is 0 Å². The van der Waals surface area contributed by atoms with Crippen molar-refractivity contribution in [1.29, 1.82) is 0 Å². The van der Waals surface area contributed by atoms with E-state index in [-0.39, 0.29) is 6.29 Å². The van der Waals surface area contributed by atoms with Crippen LogP contribution in [0, 0.1) is 0 Å². The number of ether oxygens (including phenoxy) is 2. The smallest absolute Gasteiger partial charge is 0.216 e. The molecule has 0 aliphatic heterocycles. The summed E-state index contributed by atoms with van der Waals surface area (Å²) in [4.78, 5) is 0. The van der Waals surface area contributed by atoms with Crippen LogP contribution in [0.15, 0.2) is 60.9 Å². The predicted octanol–water partition coefficient (Wildman–Crippen LogP) is 4.32. The van der Waals surface area contributed by atoms with E-state index < -0.39 is 0 Å². The van der Waals surface area contributed by atoms with E-state index in [1.54, 1.807) is 13.4 Å². The van der Waals surface area contributed by atoms with Crippen molar-refractivity contribution < 1.29 is 9.47 Å². The first-order valence-corrected chi connectivity index (χ1v) is 7.10. The van der Waals surface area contributed by atoms with E-state index in [0.717, 1.165) is 0 Å². The summed E-state index contributed by atoms with van der Waals surface area (Å²) >= 11 is 0. The van der Waals surface area contributed by atoms with E-state index >= 15 is 0 Å². The monoisotopic (exact) mass is 281 g/mol. The molecule has 0 aliphatic rings. The van der Waals surface area contributed by atoms with Crippen molar-refractivity contribution in [3.05, 3.63) is 60.9 Å². The van der Waals surface area contributed by atoms with Crippen molar-refractivity contribution in [2.75, 3.05) is 7.11 Å². The highest BCUT2D eigenvalue weighted by atomic mass is 16.7. The van der Waals surface area contributed by atoms with Crippen molar-refractivity contribution in [2.24, 2.45) is 0 Å². The van der Waals surface area contributed by atoms with E-state index in [1.165, 1.54) is 21.8 Å². The van der Waals surface area contributed by atoms with E-state index in [9.17, 15) is 0 Å². The Morgan fingerprint density at radius 3 is 2.10 bits per heavy atom. The molecular weight excluding hydrogens is 262 g/mol. The molecule has 0 spiro atoms. The molecular formula is C18H19NO2. The molecule has 3 heteroatoms. The Morgan fingerprint density at radius 1 is 1.00 bits per heavy atom. The van der Waals surface area contributed by atoms with Crippen molar-refractivity contribution >= 4 is 21.8 Å². The minimum atomic E-state index is -0.305. The van der Waals surface area contributed by atoms with E-state index in [1.807, 2.05) is 13.0 Å². The van der Waals surface area contributed by atoms with Gasteiger partial charge in [0.05, 0.1) is 12.8 Å². The van der Waals surface area contributed by atoms with Crippen LogP contribution in [0.3, 0.4) is 0 Å². The minimum absolute atomic E-state index is 0.305. The second kappa shape index (κ2) is 6.02. The van der Waals surface area contributed by atoms with Crippen molar-refractivity contribution in [3.63, 3.8) is 0 Å². The SMILES string of the molecule is C/C=C/O[C@@H](Cn1c2ccccc2c2ccccc21)OC. The largest absolute Gasteiger partial charge is 0.471 e. The first kappa shape index (κ1) is 13.7. The summed E-state index contributed by atoms with van der Waals surface area (Å²) in [5.41, 5.74) is 2.40. The lowest BCUT2D eigenvalue weighted by atomic mass is 10.2. The highest BCUT2D eigenvalue weighted by molar-refractivity contribution is 6.07. The number of aromatic nitrogens is 1. The maximum absolute atomic E-state index is 5.59. The molecule has 108 valence electrons. The van der Waals surface area contributed by atoms with Crippen molar-refractivity contribution in [3.8, 4) is 0 Å². The van der Waals surface area contributed by atoms with Gasteiger partial charge < -0.3 is 14.0 Å². The summed E-state index contributed by atoms with van der Waals surface area (Å²) in [5, 5.41) is 2.52. The third kappa shape index (κ3) is 2.52. The fraction of sp³-hybridized carbons (Fsp3) is 0.222. The molecule has 0 N–H and O–H groups in total. The Hall–Kier alpha value is -2.26. The highest BCUT2D eigenvalue weighted by Gasteiger charge is 2.14. The number of para-hydroxylation sites is 2. The molecule has 1 heterocycles. The molecule has 3 rings (SSSR count). The summed E-state index contributed by atoms with van der Waals surface area (Å²) in [6.45, 7) is 2.57. The fourth-order valence-electron chi connectivity index (χ4n) is 2.69. The van der Waals surface area contributed by atoms with Gasteiger partial charge in [0.15, 0.2) is 0 Å². The summed E-state index contributed by atoms with van der Waals surface area (Å²) < 4.78 is 13.3. The molecule has 0 radical (unpaired) electrons. The molecule has 3 aromatic rings. The third-order valence-corrected chi connectivity index (χ3v) is 3.64. The van der Waals surface area contributed by atoms with Crippen LogP contribution < -0.4 is 0 Å². The van der Waals surface area contributed by atoms with Gasteiger partial charge in [-0.05, 0) is 19.1 Å². The van der Waals surface area contributed by atoms with Gasteiger partial charge in [-0.2, -0.15) is 0 Å². The molecule has 21 heavy (non-hydrogen) atoms. The molecule has 1 atom stereocenters. The lowest BCUT2D eigenvalue weighted by molar-refractivity contribution is -0.0906. The van der Waals surface area contributed by atoms with Crippen LogP contribution in [0.2, 0.25) is 0 Å². The Kier molecular flexibility index (Phi) is 3.93. The first-order chi connectivity index (χ1) is 10.3. The van der Waals surface area contributed by atoms with E-state index in [0.29, 0.717) is 6.54 Å². The van der Waals surface area contributed by atoms with Gasteiger partial charge in [0.25, 0.3) is 0 Å².